The monoisotopic (exact) mass is 358 g/mol. The summed E-state index contributed by atoms with van der Waals surface area (Å²) in [7, 11) is 2.08. The van der Waals surface area contributed by atoms with Gasteiger partial charge in [0.05, 0.1) is 3.79 Å². The van der Waals surface area contributed by atoms with Gasteiger partial charge in [0.15, 0.2) is 0 Å². The van der Waals surface area contributed by atoms with Gasteiger partial charge in [0.1, 0.15) is 0 Å². The fraction of sp³-hybridized carbons (Fsp3) is 0.286. The van der Waals surface area contributed by atoms with E-state index in [4.69, 9.17) is 17.3 Å². The Balaban J connectivity index is 2.23. The molecule has 0 aliphatic rings. The zero-order valence-corrected chi connectivity index (χ0v) is 13.9. The van der Waals surface area contributed by atoms with Crippen LogP contribution in [0.1, 0.15) is 11.1 Å². The van der Waals surface area contributed by atoms with Crippen molar-refractivity contribution in [3.05, 3.63) is 49.6 Å². The van der Waals surface area contributed by atoms with Crippen LogP contribution in [-0.2, 0) is 13.0 Å². The summed E-state index contributed by atoms with van der Waals surface area (Å²) >= 11 is 11.5. The molecule has 1 aromatic carbocycles. The second-order valence-electron chi connectivity index (χ2n) is 4.39. The maximum atomic E-state index is 6.27. The molecule has 1 aromatic heterocycles. The van der Waals surface area contributed by atoms with Crippen LogP contribution in [-0.4, -0.2) is 13.6 Å². The molecule has 1 heterocycles. The molecule has 2 nitrogen and oxygen atoms in total. The SMILES string of the molecule is CN(Cc1csc(Br)c1)c1cccc(Cl)c1CCN. The molecule has 0 amide bonds. The largest absolute Gasteiger partial charge is 0.370 e. The van der Waals surface area contributed by atoms with Crippen LogP contribution >= 0.6 is 38.9 Å². The van der Waals surface area contributed by atoms with E-state index in [2.05, 4.69) is 45.4 Å². The van der Waals surface area contributed by atoms with Gasteiger partial charge in [-0.3, -0.25) is 0 Å². The maximum Gasteiger partial charge on any atom is 0.0701 e. The van der Waals surface area contributed by atoms with Gasteiger partial charge >= 0.3 is 0 Å². The lowest BCUT2D eigenvalue weighted by Gasteiger charge is -2.22. The van der Waals surface area contributed by atoms with E-state index >= 15 is 0 Å². The Labute approximate surface area is 131 Å². The van der Waals surface area contributed by atoms with E-state index in [-0.39, 0.29) is 0 Å². The Kier molecular flexibility index (Phi) is 5.28. The first-order chi connectivity index (χ1) is 9.11. The predicted octanol–water partition coefficient (Wildman–Crippen LogP) is 4.30. The first-order valence-electron chi connectivity index (χ1n) is 6.03. The summed E-state index contributed by atoms with van der Waals surface area (Å²) < 4.78 is 1.16. The molecule has 0 bridgehead atoms. The van der Waals surface area contributed by atoms with Crippen LogP contribution in [0.4, 0.5) is 5.69 Å². The van der Waals surface area contributed by atoms with E-state index in [1.807, 2.05) is 12.1 Å². The predicted molar refractivity (Wildman–Crippen MR) is 88.3 cm³/mol. The lowest BCUT2D eigenvalue weighted by molar-refractivity contribution is 0.895. The molecule has 2 aromatic rings. The van der Waals surface area contributed by atoms with Gasteiger partial charge in [-0.2, -0.15) is 0 Å². The lowest BCUT2D eigenvalue weighted by Crippen LogP contribution is -2.18. The Morgan fingerprint density at radius 3 is 2.84 bits per heavy atom. The van der Waals surface area contributed by atoms with Crippen molar-refractivity contribution in [1.82, 2.24) is 0 Å². The summed E-state index contributed by atoms with van der Waals surface area (Å²) in [5.74, 6) is 0. The molecule has 2 rings (SSSR count). The molecule has 0 aliphatic carbocycles. The topological polar surface area (TPSA) is 29.3 Å². The summed E-state index contributed by atoms with van der Waals surface area (Å²) in [6.07, 6.45) is 0.798. The molecule has 0 radical (unpaired) electrons. The van der Waals surface area contributed by atoms with E-state index < -0.39 is 0 Å². The number of nitrogens with two attached hydrogens (primary N) is 1. The number of hydrogen-bond donors (Lipinski definition) is 1. The van der Waals surface area contributed by atoms with Crippen molar-refractivity contribution in [2.24, 2.45) is 5.73 Å². The fourth-order valence-corrected chi connectivity index (χ4v) is 3.55. The molecular formula is C14H16BrClN2S. The average Bonchev–Trinajstić information content (AvgIpc) is 2.77. The molecule has 2 N–H and O–H groups in total. The van der Waals surface area contributed by atoms with Gasteiger partial charge < -0.3 is 10.6 Å². The van der Waals surface area contributed by atoms with E-state index in [1.54, 1.807) is 11.3 Å². The van der Waals surface area contributed by atoms with Crippen LogP contribution in [0.25, 0.3) is 0 Å². The van der Waals surface area contributed by atoms with E-state index in [0.29, 0.717) is 6.54 Å². The molecule has 0 fully saturated rings. The van der Waals surface area contributed by atoms with E-state index in [0.717, 1.165) is 33.0 Å². The van der Waals surface area contributed by atoms with Crippen molar-refractivity contribution >= 4 is 44.6 Å². The minimum absolute atomic E-state index is 0.606. The zero-order valence-electron chi connectivity index (χ0n) is 10.7. The van der Waals surface area contributed by atoms with Crippen molar-refractivity contribution in [2.75, 3.05) is 18.5 Å². The van der Waals surface area contributed by atoms with Gasteiger partial charge in [0.2, 0.25) is 0 Å². The van der Waals surface area contributed by atoms with Crippen molar-refractivity contribution < 1.29 is 0 Å². The van der Waals surface area contributed by atoms with Crippen molar-refractivity contribution in [3.8, 4) is 0 Å². The van der Waals surface area contributed by atoms with Crippen molar-refractivity contribution in [2.45, 2.75) is 13.0 Å². The third-order valence-corrected chi connectivity index (χ3v) is 4.85. The Bertz CT molecular complexity index is 556. The molecule has 5 heteroatoms. The summed E-state index contributed by atoms with van der Waals surface area (Å²) in [6.45, 7) is 1.47. The molecule has 102 valence electrons. The Morgan fingerprint density at radius 1 is 1.42 bits per heavy atom. The van der Waals surface area contributed by atoms with Gasteiger partial charge in [-0.15, -0.1) is 11.3 Å². The smallest absolute Gasteiger partial charge is 0.0701 e. The second kappa shape index (κ2) is 6.75. The van der Waals surface area contributed by atoms with Gasteiger partial charge in [0, 0.05) is 24.3 Å². The number of anilines is 1. The van der Waals surface area contributed by atoms with Crippen LogP contribution in [0.2, 0.25) is 5.02 Å². The van der Waals surface area contributed by atoms with Crippen LogP contribution < -0.4 is 10.6 Å². The average molecular weight is 360 g/mol. The lowest BCUT2D eigenvalue weighted by atomic mass is 10.1. The molecule has 19 heavy (non-hydrogen) atoms. The fourth-order valence-electron chi connectivity index (χ4n) is 2.08. The highest BCUT2D eigenvalue weighted by Gasteiger charge is 2.11. The molecule has 0 atom stereocenters. The maximum absolute atomic E-state index is 6.27. The second-order valence-corrected chi connectivity index (χ2v) is 7.09. The number of benzene rings is 1. The van der Waals surface area contributed by atoms with Crippen molar-refractivity contribution in [1.29, 1.82) is 0 Å². The number of thiophene rings is 1. The minimum atomic E-state index is 0.606. The highest BCUT2D eigenvalue weighted by atomic mass is 79.9. The molecule has 0 saturated carbocycles. The molecule has 0 aliphatic heterocycles. The minimum Gasteiger partial charge on any atom is -0.370 e. The van der Waals surface area contributed by atoms with Gasteiger partial charge in [-0.05, 0) is 63.6 Å². The zero-order chi connectivity index (χ0) is 13.8. The van der Waals surface area contributed by atoms with Crippen LogP contribution in [0.3, 0.4) is 0 Å². The third-order valence-electron chi connectivity index (χ3n) is 2.94. The van der Waals surface area contributed by atoms with Crippen LogP contribution in [0.5, 0.6) is 0 Å². The van der Waals surface area contributed by atoms with Gasteiger partial charge in [-0.1, -0.05) is 17.7 Å². The molecule has 0 spiro atoms. The highest BCUT2D eigenvalue weighted by Crippen LogP contribution is 2.29. The standard InChI is InChI=1S/C14H16BrClN2S/c1-18(8-10-7-14(15)19-9-10)13-4-2-3-12(16)11(13)5-6-17/h2-4,7,9H,5-6,8,17H2,1H3. The van der Waals surface area contributed by atoms with Gasteiger partial charge in [0.25, 0.3) is 0 Å². The number of halogens is 2. The Morgan fingerprint density at radius 2 is 2.21 bits per heavy atom. The van der Waals surface area contributed by atoms with Crippen LogP contribution in [0.15, 0.2) is 33.4 Å². The van der Waals surface area contributed by atoms with E-state index in [1.165, 1.54) is 5.56 Å². The molecular weight excluding hydrogens is 344 g/mol. The van der Waals surface area contributed by atoms with Gasteiger partial charge in [-0.25, -0.2) is 0 Å². The van der Waals surface area contributed by atoms with E-state index in [9.17, 15) is 0 Å². The summed E-state index contributed by atoms with van der Waals surface area (Å²) in [5.41, 5.74) is 9.24. The first-order valence-corrected chi connectivity index (χ1v) is 8.08. The highest BCUT2D eigenvalue weighted by molar-refractivity contribution is 9.11. The normalized spacial score (nSPS) is 10.7. The first kappa shape index (κ1) is 14.9. The number of nitrogens with zero attached hydrogens (tertiary/aromatic N) is 1. The summed E-state index contributed by atoms with van der Waals surface area (Å²) in [4.78, 5) is 2.21. The number of rotatable bonds is 5. The summed E-state index contributed by atoms with van der Waals surface area (Å²) in [6, 6.07) is 8.15. The summed E-state index contributed by atoms with van der Waals surface area (Å²) in [5, 5.41) is 2.95. The quantitative estimate of drug-likeness (QED) is 0.862. The third kappa shape index (κ3) is 3.72. The molecule has 0 unspecified atom stereocenters. The Hall–Kier alpha value is -0.550. The molecule has 0 saturated heterocycles. The van der Waals surface area contributed by atoms with Crippen molar-refractivity contribution in [3.63, 3.8) is 0 Å². The number of hydrogen-bond acceptors (Lipinski definition) is 3. The van der Waals surface area contributed by atoms with Crippen LogP contribution in [0, 0.1) is 0 Å².